The van der Waals surface area contributed by atoms with Gasteiger partial charge in [0.1, 0.15) is 5.75 Å². The molecule has 2 aromatic carbocycles. The molecule has 0 aliphatic carbocycles. The lowest BCUT2D eigenvalue weighted by Gasteiger charge is -2.13. The van der Waals surface area contributed by atoms with Gasteiger partial charge in [-0.2, -0.15) is 0 Å². The van der Waals surface area contributed by atoms with Gasteiger partial charge in [-0.3, -0.25) is 4.79 Å². The molecule has 1 amide bonds. The Balaban J connectivity index is 1.98. The zero-order valence-electron chi connectivity index (χ0n) is 14.5. The fraction of sp³-hybridized carbons (Fsp3) is 0.278. The number of para-hydroxylation sites is 1. The summed E-state index contributed by atoms with van der Waals surface area (Å²) in [7, 11) is -0.544. The second-order valence-electron chi connectivity index (χ2n) is 5.59. The van der Waals surface area contributed by atoms with Crippen molar-refractivity contribution in [2.24, 2.45) is 0 Å². The number of sulfone groups is 1. The van der Waals surface area contributed by atoms with Gasteiger partial charge in [0.05, 0.1) is 20.0 Å². The van der Waals surface area contributed by atoms with E-state index in [0.29, 0.717) is 22.6 Å². The first-order chi connectivity index (χ1) is 12.3. The van der Waals surface area contributed by atoms with E-state index in [-0.39, 0.29) is 12.3 Å². The summed E-state index contributed by atoms with van der Waals surface area (Å²) in [5.74, 6) is -0.285. The average molecular weight is 442 g/mol. The highest BCUT2D eigenvalue weighted by molar-refractivity contribution is 9.10. The van der Waals surface area contributed by atoms with E-state index in [1.54, 1.807) is 36.4 Å². The topological polar surface area (TPSA) is 81.7 Å². The normalized spacial score (nSPS) is 11.0. The molecule has 2 rings (SSSR count). The minimum Gasteiger partial charge on any atom is -0.493 e. The second kappa shape index (κ2) is 9.05. The third-order valence-electron chi connectivity index (χ3n) is 3.59. The Bertz CT molecular complexity index is 883. The summed E-state index contributed by atoms with van der Waals surface area (Å²) in [6, 6.07) is 12.3. The van der Waals surface area contributed by atoms with Crippen LogP contribution in [0.4, 0.5) is 0 Å². The number of nitrogens with one attached hydrogen (secondary N) is 1. The summed E-state index contributed by atoms with van der Waals surface area (Å²) in [5, 5.41) is 2.62. The number of amides is 1. The van der Waals surface area contributed by atoms with Gasteiger partial charge < -0.3 is 14.8 Å². The van der Waals surface area contributed by atoms with E-state index in [1.165, 1.54) is 14.2 Å². The molecule has 140 valence electrons. The van der Waals surface area contributed by atoms with Crippen LogP contribution < -0.4 is 14.8 Å². The van der Waals surface area contributed by atoms with E-state index in [0.717, 1.165) is 4.47 Å². The first kappa shape index (κ1) is 20.3. The van der Waals surface area contributed by atoms with Gasteiger partial charge in [-0.15, -0.1) is 0 Å². The standard InChI is InChI=1S/C18H20BrNO5S/c1-24-16-8-4-6-14(18(16)25-2)10-20-17(21)12-26(22,23)11-13-5-3-7-15(19)9-13/h3-9H,10-12H2,1-2H3,(H,20,21). The van der Waals surface area contributed by atoms with Crippen molar-refractivity contribution >= 4 is 31.7 Å². The molecular weight excluding hydrogens is 422 g/mol. The van der Waals surface area contributed by atoms with E-state index < -0.39 is 21.5 Å². The number of methoxy groups -OCH3 is 2. The lowest BCUT2D eigenvalue weighted by atomic mass is 10.2. The van der Waals surface area contributed by atoms with Crippen LogP contribution in [0.5, 0.6) is 11.5 Å². The lowest BCUT2D eigenvalue weighted by molar-refractivity contribution is -0.118. The van der Waals surface area contributed by atoms with Crippen LogP contribution >= 0.6 is 15.9 Å². The molecular formula is C18H20BrNO5S. The van der Waals surface area contributed by atoms with Crippen LogP contribution in [0.25, 0.3) is 0 Å². The molecule has 26 heavy (non-hydrogen) atoms. The van der Waals surface area contributed by atoms with Gasteiger partial charge in [0.25, 0.3) is 0 Å². The van der Waals surface area contributed by atoms with Crippen molar-refractivity contribution in [1.82, 2.24) is 5.32 Å². The van der Waals surface area contributed by atoms with Gasteiger partial charge in [-0.05, 0) is 23.8 Å². The molecule has 6 nitrogen and oxygen atoms in total. The van der Waals surface area contributed by atoms with E-state index >= 15 is 0 Å². The Kier molecular flexibility index (Phi) is 7.05. The van der Waals surface area contributed by atoms with Gasteiger partial charge in [-0.25, -0.2) is 8.42 Å². The van der Waals surface area contributed by atoms with Crippen LogP contribution in [0, 0.1) is 0 Å². The average Bonchev–Trinajstić information content (AvgIpc) is 2.58. The summed E-state index contributed by atoms with van der Waals surface area (Å²) in [6.07, 6.45) is 0. The van der Waals surface area contributed by atoms with Gasteiger partial charge in [0.2, 0.25) is 5.91 Å². The molecule has 0 fully saturated rings. The zero-order chi connectivity index (χ0) is 19.2. The van der Waals surface area contributed by atoms with Crippen molar-refractivity contribution in [2.75, 3.05) is 20.0 Å². The van der Waals surface area contributed by atoms with E-state index in [1.807, 2.05) is 6.07 Å². The van der Waals surface area contributed by atoms with Gasteiger partial charge >= 0.3 is 0 Å². The number of hydrogen-bond donors (Lipinski definition) is 1. The molecule has 2 aromatic rings. The molecule has 8 heteroatoms. The van der Waals surface area contributed by atoms with Crippen LogP contribution in [0.2, 0.25) is 0 Å². The Labute approximate surface area is 161 Å². The molecule has 0 saturated heterocycles. The third-order valence-corrected chi connectivity index (χ3v) is 5.56. The Morgan fingerprint density at radius 3 is 2.50 bits per heavy atom. The number of ether oxygens (including phenoxy) is 2. The molecule has 0 heterocycles. The van der Waals surface area contributed by atoms with Gasteiger partial charge in [-0.1, -0.05) is 40.2 Å². The highest BCUT2D eigenvalue weighted by Crippen LogP contribution is 2.30. The molecule has 0 aliphatic rings. The third kappa shape index (κ3) is 5.74. The lowest BCUT2D eigenvalue weighted by Crippen LogP contribution is -2.30. The van der Waals surface area contributed by atoms with E-state index in [2.05, 4.69) is 21.2 Å². The largest absolute Gasteiger partial charge is 0.493 e. The molecule has 0 spiro atoms. The number of carbonyl (C=O) groups is 1. The van der Waals surface area contributed by atoms with Crippen molar-refractivity contribution in [3.63, 3.8) is 0 Å². The first-order valence-corrected chi connectivity index (χ1v) is 10.4. The van der Waals surface area contributed by atoms with Gasteiger partial charge in [0, 0.05) is 16.6 Å². The van der Waals surface area contributed by atoms with Crippen LogP contribution in [0.3, 0.4) is 0 Å². The van der Waals surface area contributed by atoms with Crippen molar-refractivity contribution in [3.8, 4) is 11.5 Å². The molecule has 0 atom stereocenters. The van der Waals surface area contributed by atoms with Crippen LogP contribution in [0.1, 0.15) is 11.1 Å². The molecule has 0 aromatic heterocycles. The van der Waals surface area contributed by atoms with Crippen molar-refractivity contribution in [3.05, 3.63) is 58.1 Å². The van der Waals surface area contributed by atoms with E-state index in [9.17, 15) is 13.2 Å². The number of carbonyl (C=O) groups excluding carboxylic acids is 1. The van der Waals surface area contributed by atoms with Crippen molar-refractivity contribution in [1.29, 1.82) is 0 Å². The Morgan fingerprint density at radius 2 is 1.85 bits per heavy atom. The summed E-state index contributed by atoms with van der Waals surface area (Å²) in [5.41, 5.74) is 1.33. The predicted molar refractivity (Wildman–Crippen MR) is 103 cm³/mol. The number of hydrogen-bond acceptors (Lipinski definition) is 5. The maximum Gasteiger partial charge on any atom is 0.235 e. The van der Waals surface area contributed by atoms with E-state index in [4.69, 9.17) is 9.47 Å². The monoisotopic (exact) mass is 441 g/mol. The fourth-order valence-corrected chi connectivity index (χ4v) is 4.21. The highest BCUT2D eigenvalue weighted by Gasteiger charge is 2.18. The summed E-state index contributed by atoms with van der Waals surface area (Å²) in [6.45, 7) is 0.144. The first-order valence-electron chi connectivity index (χ1n) is 7.76. The minimum absolute atomic E-state index is 0.144. The van der Waals surface area contributed by atoms with Crippen molar-refractivity contribution < 1.29 is 22.7 Å². The van der Waals surface area contributed by atoms with Crippen molar-refractivity contribution in [2.45, 2.75) is 12.3 Å². The number of benzene rings is 2. The quantitative estimate of drug-likeness (QED) is 0.680. The van der Waals surface area contributed by atoms with Crippen LogP contribution in [-0.4, -0.2) is 34.3 Å². The number of rotatable bonds is 8. The minimum atomic E-state index is -3.57. The maximum absolute atomic E-state index is 12.2. The molecule has 0 unspecified atom stereocenters. The van der Waals surface area contributed by atoms with Gasteiger partial charge in [0.15, 0.2) is 21.3 Å². The molecule has 1 N–H and O–H groups in total. The maximum atomic E-state index is 12.2. The summed E-state index contributed by atoms with van der Waals surface area (Å²) in [4.78, 5) is 12.1. The highest BCUT2D eigenvalue weighted by atomic mass is 79.9. The zero-order valence-corrected chi connectivity index (χ0v) is 16.9. The van der Waals surface area contributed by atoms with Crippen LogP contribution in [-0.2, 0) is 26.9 Å². The summed E-state index contributed by atoms with van der Waals surface area (Å²) >= 11 is 3.30. The smallest absolute Gasteiger partial charge is 0.235 e. The number of halogens is 1. The Hall–Kier alpha value is -2.06. The predicted octanol–water partition coefficient (Wildman–Crippen LogP) is 2.70. The molecule has 0 saturated carbocycles. The second-order valence-corrected chi connectivity index (χ2v) is 8.57. The molecule has 0 bridgehead atoms. The Morgan fingerprint density at radius 1 is 1.12 bits per heavy atom. The summed E-state index contributed by atoms with van der Waals surface area (Å²) < 4.78 is 35.8. The SMILES string of the molecule is COc1cccc(CNC(=O)CS(=O)(=O)Cc2cccc(Br)c2)c1OC. The van der Waals surface area contributed by atoms with Crippen LogP contribution in [0.15, 0.2) is 46.9 Å². The fourth-order valence-electron chi connectivity index (χ4n) is 2.47. The molecule has 0 radical (unpaired) electrons. The molecule has 0 aliphatic heterocycles.